The van der Waals surface area contributed by atoms with Crippen LogP contribution in [0.3, 0.4) is 0 Å². The van der Waals surface area contributed by atoms with Gasteiger partial charge >= 0.3 is 0 Å². The molecule has 0 aromatic rings. The van der Waals surface area contributed by atoms with Crippen molar-refractivity contribution in [2.45, 2.75) is 174 Å². The zero-order valence-electron chi connectivity index (χ0n) is 28.8. The molecule has 17 unspecified atom stereocenters. The lowest BCUT2D eigenvalue weighted by molar-refractivity contribution is -0.327. The van der Waals surface area contributed by atoms with Gasteiger partial charge in [0.05, 0.1) is 36.1 Å². The Hall–Kier alpha value is -0.360. The zero-order valence-corrected chi connectivity index (χ0v) is 28.8. The van der Waals surface area contributed by atoms with Gasteiger partial charge in [-0.2, -0.15) is 0 Å². The number of hydrogen-bond donors (Lipinski definition) is 7. The van der Waals surface area contributed by atoms with E-state index in [-0.39, 0.29) is 33.5 Å². The van der Waals surface area contributed by atoms with Crippen LogP contribution in [0.25, 0.3) is 0 Å². The topological polar surface area (TPSA) is 160 Å². The summed E-state index contributed by atoms with van der Waals surface area (Å²) in [5.74, 6) is 0.979. The maximum absolute atomic E-state index is 12.2. The summed E-state index contributed by atoms with van der Waals surface area (Å²) in [4.78, 5) is 0. The Labute approximate surface area is 269 Å². The van der Waals surface area contributed by atoms with Crippen LogP contribution in [0.1, 0.15) is 113 Å². The summed E-state index contributed by atoms with van der Waals surface area (Å²) in [6, 6.07) is 0. The first-order valence-electron chi connectivity index (χ1n) is 17.8. The molecule has 1 saturated heterocycles. The molecule has 2 spiro atoms. The van der Waals surface area contributed by atoms with Gasteiger partial charge in [0.25, 0.3) is 0 Å². The van der Waals surface area contributed by atoms with E-state index in [1.54, 1.807) is 20.8 Å². The van der Waals surface area contributed by atoms with Gasteiger partial charge < -0.3 is 45.2 Å². The van der Waals surface area contributed by atoms with Crippen LogP contribution in [0.5, 0.6) is 0 Å². The minimum atomic E-state index is -1.40. The van der Waals surface area contributed by atoms with E-state index in [1.165, 1.54) is 0 Å². The molecular weight excluding hydrogens is 576 g/mol. The van der Waals surface area contributed by atoms with E-state index >= 15 is 0 Å². The number of aliphatic hydroxyl groups excluding tert-OH is 6. The van der Waals surface area contributed by atoms with Gasteiger partial charge in [0, 0.05) is 11.8 Å². The monoisotopic (exact) mass is 638 g/mol. The predicted molar refractivity (Wildman–Crippen MR) is 168 cm³/mol. The standard InChI is InChI=1S/C36H62O9/c1-18(9-10-23(38)32(5,6)43)20-11-12-34(8)29-21(37)15-22-31(3,4)25(45-30-28(42)27(41)26(40)19(2)44-30)16-24(39)36(22)17-35(29,36)14-13-33(20,34)7/h18-30,37-43H,9-17H2,1-8H3. The largest absolute Gasteiger partial charge is 0.393 e. The van der Waals surface area contributed by atoms with Crippen LogP contribution >= 0.6 is 0 Å². The lowest BCUT2D eigenvalue weighted by Gasteiger charge is -2.65. The molecular formula is C36H62O9. The van der Waals surface area contributed by atoms with Crippen molar-refractivity contribution in [1.29, 1.82) is 0 Å². The predicted octanol–water partition coefficient (Wildman–Crippen LogP) is 3.13. The Balaban J connectivity index is 1.23. The van der Waals surface area contributed by atoms with E-state index in [4.69, 9.17) is 9.47 Å². The average molecular weight is 639 g/mol. The van der Waals surface area contributed by atoms with Crippen LogP contribution in [0.15, 0.2) is 0 Å². The molecule has 0 amide bonds. The van der Waals surface area contributed by atoms with Gasteiger partial charge in [0.1, 0.15) is 18.3 Å². The van der Waals surface area contributed by atoms with E-state index in [0.29, 0.717) is 31.1 Å². The number of hydrogen-bond acceptors (Lipinski definition) is 9. The third-order valence-corrected chi connectivity index (χ3v) is 15.6. The van der Waals surface area contributed by atoms with Crippen molar-refractivity contribution in [2.75, 3.05) is 0 Å². The molecule has 0 radical (unpaired) electrons. The summed E-state index contributed by atoms with van der Waals surface area (Å²) in [7, 11) is 0. The van der Waals surface area contributed by atoms with Crippen molar-refractivity contribution >= 4 is 0 Å². The Morgan fingerprint density at radius 2 is 1.56 bits per heavy atom. The highest BCUT2D eigenvalue weighted by molar-refractivity contribution is 5.34. The van der Waals surface area contributed by atoms with Crippen molar-refractivity contribution < 1.29 is 45.2 Å². The number of aliphatic hydroxyl groups is 7. The van der Waals surface area contributed by atoms with Gasteiger partial charge in [0.2, 0.25) is 0 Å². The van der Waals surface area contributed by atoms with Crippen molar-refractivity contribution in [3.05, 3.63) is 0 Å². The van der Waals surface area contributed by atoms with Crippen LogP contribution in [-0.4, -0.2) is 96.5 Å². The number of ether oxygens (including phenoxy) is 2. The summed E-state index contributed by atoms with van der Waals surface area (Å²) in [5, 5.41) is 76.4. The average Bonchev–Trinajstić information content (AvgIpc) is 3.54. The quantitative estimate of drug-likeness (QED) is 0.208. The lowest BCUT2D eigenvalue weighted by Crippen LogP contribution is -2.65. The Bertz CT molecular complexity index is 1120. The van der Waals surface area contributed by atoms with Gasteiger partial charge in [0.15, 0.2) is 6.29 Å². The molecule has 1 heterocycles. The van der Waals surface area contributed by atoms with Crippen molar-refractivity contribution in [2.24, 2.45) is 50.7 Å². The highest BCUT2D eigenvalue weighted by Crippen LogP contribution is 2.89. The van der Waals surface area contributed by atoms with Crippen molar-refractivity contribution in [3.63, 3.8) is 0 Å². The minimum Gasteiger partial charge on any atom is -0.393 e. The van der Waals surface area contributed by atoms with Gasteiger partial charge in [-0.15, -0.1) is 0 Å². The number of rotatable bonds is 7. The highest BCUT2D eigenvalue weighted by Gasteiger charge is 2.86. The van der Waals surface area contributed by atoms with Crippen LogP contribution < -0.4 is 0 Å². The van der Waals surface area contributed by atoms with Crippen molar-refractivity contribution in [1.82, 2.24) is 0 Å². The molecule has 0 aromatic heterocycles. The molecule has 1 aliphatic heterocycles. The maximum atomic E-state index is 12.2. The fourth-order valence-electron chi connectivity index (χ4n) is 12.8. The fraction of sp³-hybridized carbons (Fsp3) is 1.00. The molecule has 9 nitrogen and oxygen atoms in total. The molecule has 6 rings (SSSR count). The van der Waals surface area contributed by atoms with E-state index in [1.807, 2.05) is 0 Å². The summed E-state index contributed by atoms with van der Waals surface area (Å²) in [6.45, 7) is 16.4. The lowest BCUT2D eigenvalue weighted by atomic mass is 9.40. The Morgan fingerprint density at radius 3 is 2.20 bits per heavy atom. The molecule has 45 heavy (non-hydrogen) atoms. The molecule has 7 N–H and O–H groups in total. The summed E-state index contributed by atoms with van der Waals surface area (Å²) in [5.41, 5.74) is -2.00. The zero-order chi connectivity index (χ0) is 33.3. The Morgan fingerprint density at radius 1 is 0.889 bits per heavy atom. The normalized spacial score (nSPS) is 55.1. The van der Waals surface area contributed by atoms with Crippen molar-refractivity contribution in [3.8, 4) is 0 Å². The second kappa shape index (κ2) is 10.8. The molecule has 5 saturated carbocycles. The van der Waals surface area contributed by atoms with E-state index in [2.05, 4.69) is 34.6 Å². The third-order valence-electron chi connectivity index (χ3n) is 15.6. The minimum absolute atomic E-state index is 0.0195. The molecule has 0 aromatic carbocycles. The Kier molecular flexibility index (Phi) is 8.29. The van der Waals surface area contributed by atoms with Gasteiger partial charge in [-0.3, -0.25) is 0 Å². The first-order chi connectivity index (χ1) is 20.7. The van der Waals surface area contributed by atoms with E-state index in [0.717, 1.165) is 38.5 Å². The molecule has 6 fully saturated rings. The SMILES string of the molecule is CC(CCC(O)C(C)(C)O)C1CCC2(C)C3C(O)CC4C(C)(C)C(OC5OC(C)C(O)C(O)C5O)CC(O)C45CC35CCC12C. The second-order valence-corrected chi connectivity index (χ2v) is 18.3. The molecule has 0 bridgehead atoms. The highest BCUT2D eigenvalue weighted by atomic mass is 16.7. The van der Waals surface area contributed by atoms with Crippen LogP contribution in [0, 0.1) is 50.7 Å². The molecule has 17 atom stereocenters. The molecule has 6 aliphatic rings. The summed E-state index contributed by atoms with van der Waals surface area (Å²) < 4.78 is 12.2. The smallest absolute Gasteiger partial charge is 0.186 e. The molecule has 9 heteroatoms. The van der Waals surface area contributed by atoms with Crippen LogP contribution in [0.4, 0.5) is 0 Å². The maximum Gasteiger partial charge on any atom is 0.186 e. The van der Waals surface area contributed by atoms with Gasteiger partial charge in [-0.1, -0.05) is 34.6 Å². The van der Waals surface area contributed by atoms with Crippen LogP contribution in [-0.2, 0) is 9.47 Å². The third kappa shape index (κ3) is 4.64. The summed E-state index contributed by atoms with van der Waals surface area (Å²) >= 11 is 0. The van der Waals surface area contributed by atoms with Crippen LogP contribution in [0.2, 0.25) is 0 Å². The van der Waals surface area contributed by atoms with Gasteiger partial charge in [-0.05, 0) is 117 Å². The second-order valence-electron chi connectivity index (χ2n) is 18.3. The first-order valence-corrected chi connectivity index (χ1v) is 17.8. The van der Waals surface area contributed by atoms with Gasteiger partial charge in [-0.25, -0.2) is 0 Å². The first kappa shape index (κ1) is 34.5. The number of fused-ring (bicyclic) bond motifs is 2. The fourth-order valence-corrected chi connectivity index (χ4v) is 12.8. The molecule has 260 valence electrons. The van der Waals surface area contributed by atoms with E-state index < -0.39 is 66.1 Å². The van der Waals surface area contributed by atoms with E-state index in [9.17, 15) is 35.7 Å². The molecule has 5 aliphatic carbocycles. The summed E-state index contributed by atoms with van der Waals surface area (Å²) in [6.07, 6.45) is -0.643.